The molecule has 0 radical (unpaired) electrons. The quantitative estimate of drug-likeness (QED) is 0.499. The van der Waals surface area contributed by atoms with E-state index in [2.05, 4.69) is 4.90 Å². The third-order valence-corrected chi connectivity index (χ3v) is 2.28. The van der Waals surface area contributed by atoms with Crippen LogP contribution in [0.3, 0.4) is 0 Å². The zero-order chi connectivity index (χ0) is 10.6. The van der Waals surface area contributed by atoms with Gasteiger partial charge in [-0.15, -0.1) is 0 Å². The number of nitrogens with zero attached hydrogens (tertiary/aromatic N) is 1. The molecule has 2 N–H and O–H groups in total. The lowest BCUT2D eigenvalue weighted by atomic mass is 10.2. The van der Waals surface area contributed by atoms with Crippen LogP contribution in [0, 0.1) is 0 Å². The summed E-state index contributed by atoms with van der Waals surface area (Å²) in [5, 5.41) is 8.33. The van der Waals surface area contributed by atoms with E-state index in [1.54, 1.807) is 5.48 Å². The van der Waals surface area contributed by atoms with E-state index in [1.807, 2.05) is 13.8 Å². The van der Waals surface area contributed by atoms with Gasteiger partial charge in [0, 0.05) is 26.1 Å². The maximum Gasteiger partial charge on any atom is 0.244 e. The number of ether oxygens (including phenoxy) is 1. The minimum absolute atomic E-state index is 0.218. The molecule has 14 heavy (non-hydrogen) atoms. The Morgan fingerprint density at radius 3 is 2.57 bits per heavy atom. The van der Waals surface area contributed by atoms with E-state index in [9.17, 15) is 4.79 Å². The van der Waals surface area contributed by atoms with Crippen molar-refractivity contribution < 1.29 is 14.7 Å². The van der Waals surface area contributed by atoms with E-state index in [0.717, 1.165) is 13.1 Å². The third kappa shape index (κ3) is 3.61. The number of hydrogen-bond acceptors (Lipinski definition) is 4. The second-order valence-corrected chi connectivity index (χ2v) is 3.80. The first kappa shape index (κ1) is 11.4. The molecule has 1 amide bonds. The fourth-order valence-electron chi connectivity index (χ4n) is 1.78. The Balaban J connectivity index is 2.26. The molecule has 2 unspecified atom stereocenters. The molecule has 0 bridgehead atoms. The highest BCUT2D eigenvalue weighted by molar-refractivity contribution is 5.74. The zero-order valence-corrected chi connectivity index (χ0v) is 8.69. The van der Waals surface area contributed by atoms with Crippen molar-refractivity contribution in [3.63, 3.8) is 0 Å². The molecule has 0 aromatic carbocycles. The average Bonchev–Trinajstić information content (AvgIpc) is 2.12. The summed E-state index contributed by atoms with van der Waals surface area (Å²) in [4.78, 5) is 13.0. The van der Waals surface area contributed by atoms with Crippen LogP contribution in [0.15, 0.2) is 0 Å². The number of amides is 1. The van der Waals surface area contributed by atoms with Crippen molar-refractivity contribution in [2.45, 2.75) is 32.5 Å². The van der Waals surface area contributed by atoms with Crippen molar-refractivity contribution in [3.05, 3.63) is 0 Å². The average molecular weight is 202 g/mol. The molecular weight excluding hydrogens is 184 g/mol. The Kier molecular flexibility index (Phi) is 4.31. The molecule has 1 saturated heterocycles. The van der Waals surface area contributed by atoms with Crippen LogP contribution in [0.4, 0.5) is 0 Å². The summed E-state index contributed by atoms with van der Waals surface area (Å²) < 4.78 is 5.56. The second kappa shape index (κ2) is 5.29. The number of carbonyl (C=O) groups is 1. The van der Waals surface area contributed by atoms with Crippen LogP contribution in [0.25, 0.3) is 0 Å². The number of nitrogens with one attached hydrogen (secondary N) is 1. The van der Waals surface area contributed by atoms with Crippen LogP contribution < -0.4 is 5.48 Å². The van der Waals surface area contributed by atoms with E-state index >= 15 is 0 Å². The molecule has 1 aliphatic heterocycles. The Morgan fingerprint density at radius 1 is 1.50 bits per heavy atom. The van der Waals surface area contributed by atoms with Gasteiger partial charge < -0.3 is 4.74 Å². The molecule has 0 aromatic heterocycles. The lowest BCUT2D eigenvalue weighted by Gasteiger charge is -2.35. The van der Waals surface area contributed by atoms with Crippen molar-refractivity contribution in [1.82, 2.24) is 10.4 Å². The van der Waals surface area contributed by atoms with Gasteiger partial charge in [0.2, 0.25) is 5.91 Å². The van der Waals surface area contributed by atoms with Crippen LogP contribution in [0.1, 0.15) is 20.3 Å². The highest BCUT2D eigenvalue weighted by Gasteiger charge is 2.21. The Bertz CT molecular complexity index is 188. The first-order valence-electron chi connectivity index (χ1n) is 4.92. The molecule has 82 valence electrons. The van der Waals surface area contributed by atoms with Gasteiger partial charge in [-0.1, -0.05) is 0 Å². The molecule has 5 nitrogen and oxygen atoms in total. The molecule has 0 aliphatic carbocycles. The number of rotatable bonds is 3. The number of carbonyl (C=O) groups excluding carboxylic acids is 1. The van der Waals surface area contributed by atoms with Gasteiger partial charge in [-0.05, 0) is 13.8 Å². The lowest BCUT2D eigenvalue weighted by molar-refractivity contribution is -0.130. The molecule has 0 spiro atoms. The smallest absolute Gasteiger partial charge is 0.244 e. The van der Waals surface area contributed by atoms with Gasteiger partial charge in [0.1, 0.15) is 0 Å². The van der Waals surface area contributed by atoms with E-state index in [1.165, 1.54) is 0 Å². The normalized spacial score (nSPS) is 28.8. The molecule has 5 heteroatoms. The minimum Gasteiger partial charge on any atom is -0.373 e. The largest absolute Gasteiger partial charge is 0.373 e. The molecule has 1 aliphatic rings. The Morgan fingerprint density at radius 2 is 2.07 bits per heavy atom. The molecular formula is C9H18N2O3. The lowest BCUT2D eigenvalue weighted by Crippen LogP contribution is -2.46. The van der Waals surface area contributed by atoms with Crippen LogP contribution in [0.2, 0.25) is 0 Å². The van der Waals surface area contributed by atoms with Crippen LogP contribution in [-0.2, 0) is 9.53 Å². The van der Waals surface area contributed by atoms with Gasteiger partial charge in [-0.2, -0.15) is 0 Å². The Hall–Kier alpha value is -0.650. The zero-order valence-electron chi connectivity index (χ0n) is 8.69. The standard InChI is InChI=1S/C9H18N2O3/c1-7-5-11(6-8(2)14-7)4-3-9(12)10-13/h7-8,13H,3-6H2,1-2H3,(H,10,12). The van der Waals surface area contributed by atoms with Crippen molar-refractivity contribution in [3.8, 4) is 0 Å². The number of hydroxylamine groups is 1. The van der Waals surface area contributed by atoms with Crippen molar-refractivity contribution in [2.75, 3.05) is 19.6 Å². The summed E-state index contributed by atoms with van der Waals surface area (Å²) in [5.74, 6) is -0.336. The highest BCUT2D eigenvalue weighted by Crippen LogP contribution is 2.10. The predicted octanol–water partition coefficient (Wildman–Crippen LogP) is -0.00890. The first-order chi connectivity index (χ1) is 6.61. The monoisotopic (exact) mass is 202 g/mol. The van der Waals surface area contributed by atoms with Gasteiger partial charge in [-0.25, -0.2) is 5.48 Å². The summed E-state index contributed by atoms with van der Waals surface area (Å²) in [6.07, 6.45) is 0.766. The Labute approximate surface area is 84.0 Å². The third-order valence-electron chi connectivity index (χ3n) is 2.28. The van der Waals surface area contributed by atoms with E-state index in [0.29, 0.717) is 13.0 Å². The SMILES string of the molecule is CC1CN(CCC(=O)NO)CC(C)O1. The molecule has 1 rings (SSSR count). The topological polar surface area (TPSA) is 61.8 Å². The van der Waals surface area contributed by atoms with Gasteiger partial charge in [-0.3, -0.25) is 14.9 Å². The van der Waals surface area contributed by atoms with Crippen LogP contribution in [-0.4, -0.2) is 47.9 Å². The van der Waals surface area contributed by atoms with Gasteiger partial charge in [0.15, 0.2) is 0 Å². The molecule has 0 saturated carbocycles. The number of hydrogen-bond donors (Lipinski definition) is 2. The highest BCUT2D eigenvalue weighted by atomic mass is 16.5. The molecule has 1 heterocycles. The van der Waals surface area contributed by atoms with Crippen molar-refractivity contribution >= 4 is 5.91 Å². The van der Waals surface area contributed by atoms with Gasteiger partial charge >= 0.3 is 0 Å². The summed E-state index contributed by atoms with van der Waals surface area (Å²) in [7, 11) is 0. The summed E-state index contributed by atoms with van der Waals surface area (Å²) in [6.45, 7) is 6.42. The van der Waals surface area contributed by atoms with E-state index in [4.69, 9.17) is 9.94 Å². The van der Waals surface area contributed by atoms with Crippen LogP contribution >= 0.6 is 0 Å². The fourth-order valence-corrected chi connectivity index (χ4v) is 1.78. The summed E-state index contributed by atoms with van der Waals surface area (Å²) in [5.41, 5.74) is 1.63. The second-order valence-electron chi connectivity index (χ2n) is 3.80. The first-order valence-corrected chi connectivity index (χ1v) is 4.92. The predicted molar refractivity (Wildman–Crippen MR) is 51.0 cm³/mol. The molecule has 0 aromatic rings. The molecule has 1 fully saturated rings. The molecule has 2 atom stereocenters. The summed E-state index contributed by atoms with van der Waals surface area (Å²) in [6, 6.07) is 0. The number of morpholine rings is 1. The van der Waals surface area contributed by atoms with Crippen LogP contribution in [0.5, 0.6) is 0 Å². The van der Waals surface area contributed by atoms with E-state index in [-0.39, 0.29) is 18.1 Å². The van der Waals surface area contributed by atoms with Gasteiger partial charge in [0.25, 0.3) is 0 Å². The maximum atomic E-state index is 10.8. The maximum absolute atomic E-state index is 10.8. The van der Waals surface area contributed by atoms with Crippen molar-refractivity contribution in [1.29, 1.82) is 0 Å². The fraction of sp³-hybridized carbons (Fsp3) is 0.889. The van der Waals surface area contributed by atoms with E-state index < -0.39 is 0 Å². The minimum atomic E-state index is -0.336. The van der Waals surface area contributed by atoms with Crippen molar-refractivity contribution in [2.24, 2.45) is 0 Å². The summed E-state index contributed by atoms with van der Waals surface area (Å²) >= 11 is 0. The van der Waals surface area contributed by atoms with Gasteiger partial charge in [0.05, 0.1) is 12.2 Å².